The second kappa shape index (κ2) is 7.58. The number of halogens is 1. The van der Waals surface area contributed by atoms with Crippen LogP contribution in [0.15, 0.2) is 33.7 Å². The lowest BCUT2D eigenvalue weighted by Crippen LogP contribution is -2.37. The van der Waals surface area contributed by atoms with Crippen LogP contribution >= 0.6 is 11.6 Å². The van der Waals surface area contributed by atoms with Crippen LogP contribution in [-0.2, 0) is 10.0 Å². The van der Waals surface area contributed by atoms with Crippen LogP contribution in [0.2, 0.25) is 5.02 Å². The molecule has 1 fully saturated rings. The number of benzene rings is 1. The monoisotopic (exact) mass is 398 g/mol. The standard InChI is InChI=1S/C18H23ClN2O4S/c1-12(2)24-17-5-4-15(11-16(17)19)26(22,23)21-8-6-14(7-9-21)18-10-13(3)20-25-18/h4-5,10-12,14H,6-9H2,1-3H3. The third-order valence-corrected chi connectivity index (χ3v) is 6.60. The topological polar surface area (TPSA) is 72.6 Å². The van der Waals surface area contributed by atoms with Gasteiger partial charge in [-0.2, -0.15) is 4.31 Å². The number of nitrogens with zero attached hydrogens (tertiary/aromatic N) is 2. The first-order valence-electron chi connectivity index (χ1n) is 8.67. The lowest BCUT2D eigenvalue weighted by Gasteiger charge is -2.30. The molecular weight excluding hydrogens is 376 g/mol. The van der Waals surface area contributed by atoms with Crippen molar-refractivity contribution in [1.29, 1.82) is 0 Å². The molecule has 0 aliphatic carbocycles. The van der Waals surface area contributed by atoms with Crippen LogP contribution in [0.1, 0.15) is 44.1 Å². The van der Waals surface area contributed by atoms with Gasteiger partial charge in [-0.05, 0) is 51.8 Å². The third kappa shape index (κ3) is 4.05. The van der Waals surface area contributed by atoms with Gasteiger partial charge in [0.2, 0.25) is 10.0 Å². The van der Waals surface area contributed by atoms with Crippen LogP contribution in [0, 0.1) is 6.92 Å². The summed E-state index contributed by atoms with van der Waals surface area (Å²) in [5.41, 5.74) is 0.841. The maximum absolute atomic E-state index is 12.9. The summed E-state index contributed by atoms with van der Waals surface area (Å²) in [7, 11) is -3.58. The van der Waals surface area contributed by atoms with Crippen LogP contribution < -0.4 is 4.74 Å². The predicted molar refractivity (Wildman–Crippen MR) is 99.2 cm³/mol. The van der Waals surface area contributed by atoms with Crippen molar-refractivity contribution in [2.75, 3.05) is 13.1 Å². The summed E-state index contributed by atoms with van der Waals surface area (Å²) in [6.07, 6.45) is 1.38. The average molecular weight is 399 g/mol. The van der Waals surface area contributed by atoms with Gasteiger partial charge in [-0.15, -0.1) is 0 Å². The number of ether oxygens (including phenoxy) is 1. The average Bonchev–Trinajstić information content (AvgIpc) is 3.03. The van der Waals surface area contributed by atoms with Crippen molar-refractivity contribution in [2.24, 2.45) is 0 Å². The number of aryl methyl sites for hydroxylation is 1. The lowest BCUT2D eigenvalue weighted by molar-refractivity contribution is 0.242. The van der Waals surface area contributed by atoms with E-state index >= 15 is 0 Å². The zero-order valence-electron chi connectivity index (χ0n) is 15.1. The molecule has 1 aromatic heterocycles. The van der Waals surface area contributed by atoms with E-state index in [-0.39, 0.29) is 16.9 Å². The van der Waals surface area contributed by atoms with Gasteiger partial charge in [0, 0.05) is 25.1 Å². The Bertz CT molecular complexity index is 871. The molecule has 0 atom stereocenters. The molecule has 2 aromatic rings. The molecule has 3 rings (SSSR count). The summed E-state index contributed by atoms with van der Waals surface area (Å²) in [5, 5.41) is 4.21. The smallest absolute Gasteiger partial charge is 0.243 e. The molecule has 1 saturated heterocycles. The summed E-state index contributed by atoms with van der Waals surface area (Å²) in [6.45, 7) is 6.54. The molecule has 0 unspecified atom stereocenters. The van der Waals surface area contributed by atoms with Crippen LogP contribution in [-0.4, -0.2) is 37.1 Å². The zero-order valence-corrected chi connectivity index (χ0v) is 16.7. The SMILES string of the molecule is Cc1cc(C2CCN(S(=O)(=O)c3ccc(OC(C)C)c(Cl)c3)CC2)on1. The van der Waals surface area contributed by atoms with E-state index in [1.165, 1.54) is 10.4 Å². The maximum atomic E-state index is 12.9. The molecule has 1 aromatic carbocycles. The van der Waals surface area contributed by atoms with Crippen LogP contribution in [0.3, 0.4) is 0 Å². The Hall–Kier alpha value is -1.57. The van der Waals surface area contributed by atoms with E-state index in [1.54, 1.807) is 12.1 Å². The number of piperidine rings is 1. The van der Waals surface area contributed by atoms with Gasteiger partial charge in [0.05, 0.1) is 21.7 Å². The molecule has 8 heteroatoms. The van der Waals surface area contributed by atoms with Gasteiger partial charge >= 0.3 is 0 Å². The van der Waals surface area contributed by atoms with E-state index in [2.05, 4.69) is 5.16 Å². The Morgan fingerprint density at radius 3 is 2.50 bits per heavy atom. The van der Waals surface area contributed by atoms with Gasteiger partial charge in [-0.25, -0.2) is 8.42 Å². The van der Waals surface area contributed by atoms with Gasteiger partial charge in [-0.3, -0.25) is 0 Å². The fourth-order valence-electron chi connectivity index (χ4n) is 3.10. The van der Waals surface area contributed by atoms with E-state index in [9.17, 15) is 8.42 Å². The first kappa shape index (κ1) is 19.2. The molecule has 0 N–H and O–H groups in total. The Labute approximate surface area is 159 Å². The Morgan fingerprint density at radius 2 is 1.96 bits per heavy atom. The fourth-order valence-corrected chi connectivity index (χ4v) is 4.88. The molecule has 0 radical (unpaired) electrons. The molecular formula is C18H23ClN2O4S. The zero-order chi connectivity index (χ0) is 18.9. The summed E-state index contributed by atoms with van der Waals surface area (Å²) in [4.78, 5) is 0.188. The number of rotatable bonds is 5. The molecule has 26 heavy (non-hydrogen) atoms. The highest BCUT2D eigenvalue weighted by Crippen LogP contribution is 2.33. The first-order chi connectivity index (χ1) is 12.3. The van der Waals surface area contributed by atoms with Gasteiger partial charge in [0.25, 0.3) is 0 Å². The Kier molecular flexibility index (Phi) is 5.60. The fraction of sp³-hybridized carbons (Fsp3) is 0.500. The van der Waals surface area contributed by atoms with E-state index in [1.807, 2.05) is 26.8 Å². The highest BCUT2D eigenvalue weighted by atomic mass is 35.5. The van der Waals surface area contributed by atoms with Crippen molar-refractivity contribution in [1.82, 2.24) is 9.46 Å². The summed E-state index contributed by atoms with van der Waals surface area (Å²) in [5.74, 6) is 1.52. The van der Waals surface area contributed by atoms with Gasteiger partial charge in [0.1, 0.15) is 11.5 Å². The van der Waals surface area contributed by atoms with Crippen molar-refractivity contribution >= 4 is 21.6 Å². The molecule has 2 heterocycles. The highest BCUT2D eigenvalue weighted by molar-refractivity contribution is 7.89. The van der Waals surface area contributed by atoms with Crippen molar-refractivity contribution < 1.29 is 17.7 Å². The van der Waals surface area contributed by atoms with Crippen LogP contribution in [0.25, 0.3) is 0 Å². The summed E-state index contributed by atoms with van der Waals surface area (Å²) >= 11 is 6.20. The molecule has 0 spiro atoms. The van der Waals surface area contributed by atoms with Gasteiger partial charge in [-0.1, -0.05) is 16.8 Å². The minimum atomic E-state index is -3.58. The van der Waals surface area contributed by atoms with E-state index in [0.717, 1.165) is 11.5 Å². The quantitative estimate of drug-likeness (QED) is 0.761. The molecule has 6 nitrogen and oxygen atoms in total. The van der Waals surface area contributed by atoms with Crippen molar-refractivity contribution in [2.45, 2.75) is 50.5 Å². The second-order valence-corrected chi connectivity index (χ2v) is 9.15. The van der Waals surface area contributed by atoms with Crippen molar-refractivity contribution in [3.8, 4) is 5.75 Å². The largest absolute Gasteiger partial charge is 0.489 e. The third-order valence-electron chi connectivity index (χ3n) is 4.41. The first-order valence-corrected chi connectivity index (χ1v) is 10.5. The normalized spacial score (nSPS) is 17.0. The van der Waals surface area contributed by atoms with Crippen LogP contribution in [0.4, 0.5) is 0 Å². The minimum absolute atomic E-state index is 0.0336. The molecule has 1 aliphatic rings. The van der Waals surface area contributed by atoms with Crippen molar-refractivity contribution in [3.05, 3.63) is 40.7 Å². The van der Waals surface area contributed by atoms with Crippen molar-refractivity contribution in [3.63, 3.8) is 0 Å². The minimum Gasteiger partial charge on any atom is -0.489 e. The van der Waals surface area contributed by atoms with Gasteiger partial charge < -0.3 is 9.26 Å². The molecule has 0 saturated carbocycles. The van der Waals surface area contributed by atoms with Gasteiger partial charge in [0.15, 0.2) is 0 Å². The molecule has 0 bridgehead atoms. The van der Waals surface area contributed by atoms with Crippen LogP contribution in [0.5, 0.6) is 5.75 Å². The molecule has 1 aliphatic heterocycles. The number of hydrogen-bond donors (Lipinski definition) is 0. The van der Waals surface area contributed by atoms with E-state index in [4.69, 9.17) is 20.9 Å². The molecule has 142 valence electrons. The number of hydrogen-bond acceptors (Lipinski definition) is 5. The number of aromatic nitrogens is 1. The highest BCUT2D eigenvalue weighted by Gasteiger charge is 2.31. The maximum Gasteiger partial charge on any atom is 0.243 e. The Balaban J connectivity index is 1.72. The molecule has 0 amide bonds. The lowest BCUT2D eigenvalue weighted by atomic mass is 9.95. The summed E-state index contributed by atoms with van der Waals surface area (Å²) in [6, 6.07) is 6.53. The Morgan fingerprint density at radius 1 is 1.27 bits per heavy atom. The summed E-state index contributed by atoms with van der Waals surface area (Å²) < 4.78 is 38.2. The van der Waals surface area contributed by atoms with E-state index in [0.29, 0.717) is 36.7 Å². The van der Waals surface area contributed by atoms with E-state index < -0.39 is 10.0 Å². The number of sulfonamides is 1. The second-order valence-electron chi connectivity index (χ2n) is 6.81. The predicted octanol–water partition coefficient (Wildman–Crippen LogP) is 3.99.